The Bertz CT molecular complexity index is 841. The van der Waals surface area contributed by atoms with Gasteiger partial charge in [0.25, 0.3) is 0 Å². The van der Waals surface area contributed by atoms with E-state index in [0.29, 0.717) is 35.4 Å². The first-order chi connectivity index (χ1) is 11.7. The van der Waals surface area contributed by atoms with E-state index in [1.165, 1.54) is 0 Å². The van der Waals surface area contributed by atoms with E-state index in [-0.39, 0.29) is 18.6 Å². The molecule has 1 aromatic heterocycles. The van der Waals surface area contributed by atoms with Crippen molar-refractivity contribution in [3.8, 4) is 17.2 Å². The van der Waals surface area contributed by atoms with Gasteiger partial charge in [0.05, 0.1) is 7.11 Å². The zero-order valence-electron chi connectivity index (χ0n) is 13.2. The summed E-state index contributed by atoms with van der Waals surface area (Å²) in [6.07, 6.45) is 2.68. The molecule has 1 unspecified atom stereocenters. The van der Waals surface area contributed by atoms with Crippen LogP contribution in [0.15, 0.2) is 12.1 Å². The Kier molecular flexibility index (Phi) is 2.80. The molecule has 1 aliphatic carbocycles. The number of nitrogens with zero attached hydrogens (tertiary/aromatic N) is 1. The van der Waals surface area contributed by atoms with Gasteiger partial charge < -0.3 is 19.5 Å². The third kappa shape index (κ3) is 1.97. The van der Waals surface area contributed by atoms with E-state index in [9.17, 15) is 4.79 Å². The number of methoxy groups -OCH3 is 1. The van der Waals surface area contributed by atoms with Gasteiger partial charge in [-0.3, -0.25) is 9.89 Å². The van der Waals surface area contributed by atoms with Crippen molar-refractivity contribution < 1.29 is 19.0 Å². The molecule has 0 radical (unpaired) electrons. The molecule has 1 atom stereocenters. The Hall–Kier alpha value is -2.70. The second-order valence-electron chi connectivity index (χ2n) is 6.43. The summed E-state index contributed by atoms with van der Waals surface area (Å²) in [5, 5.41) is 10.3. The van der Waals surface area contributed by atoms with Crippen molar-refractivity contribution in [1.29, 1.82) is 0 Å². The van der Waals surface area contributed by atoms with Crippen molar-refractivity contribution in [2.24, 2.45) is 0 Å². The van der Waals surface area contributed by atoms with Crippen LogP contribution in [0.2, 0.25) is 0 Å². The van der Waals surface area contributed by atoms with Crippen LogP contribution in [-0.2, 0) is 4.79 Å². The number of benzene rings is 1. The van der Waals surface area contributed by atoms with Gasteiger partial charge in [-0.15, -0.1) is 0 Å². The van der Waals surface area contributed by atoms with E-state index in [4.69, 9.17) is 14.2 Å². The topological polar surface area (TPSA) is 85.5 Å². The predicted molar refractivity (Wildman–Crippen MR) is 84.8 cm³/mol. The molecule has 0 bridgehead atoms. The number of aromatic amines is 1. The maximum atomic E-state index is 12.2. The van der Waals surface area contributed by atoms with Gasteiger partial charge in [0, 0.05) is 41.1 Å². The molecule has 5 rings (SSSR count). The van der Waals surface area contributed by atoms with Crippen molar-refractivity contribution in [1.82, 2.24) is 10.2 Å². The maximum absolute atomic E-state index is 12.2. The minimum atomic E-state index is -0.104. The summed E-state index contributed by atoms with van der Waals surface area (Å²) < 4.78 is 16.5. The summed E-state index contributed by atoms with van der Waals surface area (Å²) >= 11 is 0. The van der Waals surface area contributed by atoms with Crippen LogP contribution in [-0.4, -0.2) is 30.0 Å². The first-order valence-corrected chi connectivity index (χ1v) is 8.10. The van der Waals surface area contributed by atoms with Gasteiger partial charge in [0.15, 0.2) is 17.3 Å². The molecule has 1 aromatic carbocycles. The molecule has 0 spiro atoms. The fourth-order valence-electron chi connectivity index (χ4n) is 3.62. The van der Waals surface area contributed by atoms with Crippen molar-refractivity contribution >= 4 is 11.7 Å². The van der Waals surface area contributed by atoms with Gasteiger partial charge in [-0.1, -0.05) is 0 Å². The highest BCUT2D eigenvalue weighted by Gasteiger charge is 2.38. The molecule has 24 heavy (non-hydrogen) atoms. The highest BCUT2D eigenvalue weighted by Crippen LogP contribution is 2.50. The van der Waals surface area contributed by atoms with Crippen LogP contribution >= 0.6 is 0 Å². The number of carbonyl (C=O) groups excluding carboxylic acids is 1. The third-order valence-corrected chi connectivity index (χ3v) is 4.92. The molecule has 124 valence electrons. The summed E-state index contributed by atoms with van der Waals surface area (Å²) in [5.74, 6) is 3.07. The Morgan fingerprint density at radius 1 is 1.25 bits per heavy atom. The summed E-state index contributed by atoms with van der Waals surface area (Å²) in [5.41, 5.74) is 3.14. The van der Waals surface area contributed by atoms with Crippen LogP contribution in [0.4, 0.5) is 5.82 Å². The van der Waals surface area contributed by atoms with Crippen LogP contribution in [0.3, 0.4) is 0 Å². The molecule has 7 nitrogen and oxygen atoms in total. The number of H-pyrrole nitrogens is 1. The Morgan fingerprint density at radius 3 is 2.79 bits per heavy atom. The lowest BCUT2D eigenvalue weighted by Gasteiger charge is -2.25. The average Bonchev–Trinajstić information content (AvgIpc) is 3.17. The molecule has 0 saturated heterocycles. The summed E-state index contributed by atoms with van der Waals surface area (Å²) in [7, 11) is 1.63. The zero-order chi connectivity index (χ0) is 16.3. The molecule has 1 fully saturated rings. The molecular weight excluding hydrogens is 310 g/mol. The van der Waals surface area contributed by atoms with E-state index < -0.39 is 0 Å². The summed E-state index contributed by atoms with van der Waals surface area (Å²) in [6, 6.07) is 3.76. The highest BCUT2D eigenvalue weighted by molar-refractivity contribution is 5.94. The van der Waals surface area contributed by atoms with Crippen LogP contribution in [0.25, 0.3) is 0 Å². The molecule has 1 amide bonds. The lowest BCUT2D eigenvalue weighted by Crippen LogP contribution is -2.24. The smallest absolute Gasteiger partial charge is 0.231 e. The molecule has 3 heterocycles. The lowest BCUT2D eigenvalue weighted by atomic mass is 9.84. The number of rotatable bonds is 3. The number of anilines is 1. The number of amides is 1. The van der Waals surface area contributed by atoms with Gasteiger partial charge in [0.1, 0.15) is 5.75 Å². The normalized spacial score (nSPS) is 21.4. The third-order valence-electron chi connectivity index (χ3n) is 4.92. The van der Waals surface area contributed by atoms with Crippen molar-refractivity contribution in [3.05, 3.63) is 29.0 Å². The van der Waals surface area contributed by atoms with Gasteiger partial charge in [-0.2, -0.15) is 5.10 Å². The van der Waals surface area contributed by atoms with E-state index in [2.05, 4.69) is 15.5 Å². The van der Waals surface area contributed by atoms with Crippen LogP contribution in [0.1, 0.15) is 47.9 Å². The molecular formula is C17H17N3O4. The van der Waals surface area contributed by atoms with E-state index in [0.717, 1.165) is 29.7 Å². The molecule has 2 aromatic rings. The lowest BCUT2D eigenvalue weighted by molar-refractivity contribution is -0.116. The highest BCUT2D eigenvalue weighted by atomic mass is 16.7. The number of aromatic nitrogens is 2. The second-order valence-corrected chi connectivity index (χ2v) is 6.43. The number of ether oxygens (including phenoxy) is 3. The standard InChI is InChI=1S/C17H17N3O4/c1-22-11-6-13-12(23-7-24-13)4-9(11)10-5-14(21)18-17-15(10)16(19-20-17)8-2-3-8/h4,6,8,10H,2-3,5,7H2,1H3,(H2,18,19,20,21). The quantitative estimate of drug-likeness (QED) is 0.905. The van der Waals surface area contributed by atoms with Crippen LogP contribution in [0.5, 0.6) is 17.2 Å². The Balaban J connectivity index is 1.67. The van der Waals surface area contributed by atoms with Crippen LogP contribution in [0, 0.1) is 0 Å². The monoisotopic (exact) mass is 327 g/mol. The number of nitrogens with one attached hydrogen (secondary N) is 2. The van der Waals surface area contributed by atoms with Gasteiger partial charge >= 0.3 is 0 Å². The van der Waals surface area contributed by atoms with E-state index in [1.807, 2.05) is 12.1 Å². The van der Waals surface area contributed by atoms with Gasteiger partial charge in [-0.25, -0.2) is 0 Å². The van der Waals surface area contributed by atoms with E-state index in [1.54, 1.807) is 7.11 Å². The van der Waals surface area contributed by atoms with E-state index >= 15 is 0 Å². The average molecular weight is 327 g/mol. The van der Waals surface area contributed by atoms with Crippen molar-refractivity contribution in [2.75, 3.05) is 19.2 Å². The first kappa shape index (κ1) is 13.7. The van der Waals surface area contributed by atoms with Gasteiger partial charge in [0.2, 0.25) is 12.7 Å². The van der Waals surface area contributed by atoms with Crippen LogP contribution < -0.4 is 19.5 Å². The number of carbonyl (C=O) groups is 1. The molecule has 2 aliphatic heterocycles. The molecule has 1 saturated carbocycles. The summed E-state index contributed by atoms with van der Waals surface area (Å²) in [4.78, 5) is 12.2. The molecule has 3 aliphatic rings. The fraction of sp³-hybridized carbons (Fsp3) is 0.412. The predicted octanol–water partition coefficient (Wildman–Crippen LogP) is 2.50. The second kappa shape index (κ2) is 4.90. The maximum Gasteiger partial charge on any atom is 0.231 e. The number of hydrogen-bond acceptors (Lipinski definition) is 5. The first-order valence-electron chi connectivity index (χ1n) is 8.10. The fourth-order valence-corrected chi connectivity index (χ4v) is 3.62. The minimum Gasteiger partial charge on any atom is -0.496 e. The minimum absolute atomic E-state index is 0.0407. The largest absolute Gasteiger partial charge is 0.496 e. The molecule has 2 N–H and O–H groups in total. The van der Waals surface area contributed by atoms with Crippen molar-refractivity contribution in [3.63, 3.8) is 0 Å². The van der Waals surface area contributed by atoms with Crippen molar-refractivity contribution in [2.45, 2.75) is 31.1 Å². The molecule has 7 heteroatoms. The Labute approximate surface area is 138 Å². The zero-order valence-corrected chi connectivity index (χ0v) is 13.2. The van der Waals surface area contributed by atoms with Gasteiger partial charge in [-0.05, 0) is 18.9 Å². The SMILES string of the molecule is COc1cc2c(cc1C1CC(=O)Nc3n[nH]c(C4CC4)c31)OCO2. The Morgan fingerprint density at radius 2 is 2.04 bits per heavy atom. The number of fused-ring (bicyclic) bond motifs is 2. The summed E-state index contributed by atoms with van der Waals surface area (Å²) in [6.45, 7) is 0.206. The number of hydrogen-bond donors (Lipinski definition) is 2.